The fraction of sp³-hybridized carbons (Fsp3) is 0.375. The van der Waals surface area contributed by atoms with Gasteiger partial charge in [-0.25, -0.2) is 4.79 Å². The Morgan fingerprint density at radius 3 is 2.02 bits per heavy atom. The summed E-state index contributed by atoms with van der Waals surface area (Å²) in [7, 11) is 0. The topological polar surface area (TPSA) is 71.1 Å². The molecule has 0 radical (unpaired) electrons. The molecule has 0 bridgehead atoms. The number of nitrogens with zero attached hydrogens (tertiary/aromatic N) is 2. The summed E-state index contributed by atoms with van der Waals surface area (Å²) < 4.78 is 49.9. The summed E-state index contributed by atoms with van der Waals surface area (Å²) >= 11 is 0. The van der Waals surface area contributed by atoms with Crippen molar-refractivity contribution in [3.05, 3.63) is 90.0 Å². The maximum atomic E-state index is 12.8. The number of fused-ring (bicyclic) bond motifs is 3. The molecular weight excluding hydrogens is 547 g/mol. The van der Waals surface area contributed by atoms with Crippen molar-refractivity contribution < 1.29 is 32.2 Å². The molecule has 2 aliphatic rings. The lowest BCUT2D eigenvalue weighted by Gasteiger charge is -2.35. The van der Waals surface area contributed by atoms with E-state index in [-0.39, 0.29) is 12.5 Å². The largest absolute Gasteiger partial charge is 0.484 e. The first-order chi connectivity index (χ1) is 20.2. The Morgan fingerprint density at radius 2 is 1.40 bits per heavy atom. The second-order valence-corrected chi connectivity index (χ2v) is 10.6. The zero-order valence-corrected chi connectivity index (χ0v) is 23.2. The van der Waals surface area contributed by atoms with Crippen molar-refractivity contribution in [1.82, 2.24) is 15.1 Å². The highest BCUT2D eigenvalue weighted by atomic mass is 19.4. The number of halogens is 3. The van der Waals surface area contributed by atoms with Gasteiger partial charge in [0.1, 0.15) is 12.3 Å². The molecule has 42 heavy (non-hydrogen) atoms. The van der Waals surface area contributed by atoms with Gasteiger partial charge in [0, 0.05) is 37.3 Å². The fourth-order valence-electron chi connectivity index (χ4n) is 5.77. The lowest BCUT2D eigenvalue weighted by atomic mass is 9.86. The molecule has 1 N–H and O–H groups in total. The average molecular weight is 582 g/mol. The number of hydrogen-bond donors (Lipinski definition) is 1. The number of alkyl carbamates (subject to hydrolysis) is 1. The van der Waals surface area contributed by atoms with Crippen molar-refractivity contribution in [1.29, 1.82) is 0 Å². The number of carbonyl (C=O) groups is 2. The summed E-state index contributed by atoms with van der Waals surface area (Å²) in [5, 5.41) is 1.87. The third kappa shape index (κ3) is 6.87. The molecule has 1 aliphatic carbocycles. The van der Waals surface area contributed by atoms with Gasteiger partial charge in [-0.2, -0.15) is 13.2 Å². The first-order valence-corrected chi connectivity index (χ1v) is 14.2. The third-order valence-corrected chi connectivity index (χ3v) is 7.80. The van der Waals surface area contributed by atoms with E-state index in [1.54, 1.807) is 0 Å². The highest BCUT2D eigenvalue weighted by Crippen LogP contribution is 2.52. The van der Waals surface area contributed by atoms with Crippen LogP contribution in [0.5, 0.6) is 5.75 Å². The van der Waals surface area contributed by atoms with Crippen LogP contribution < -0.4 is 10.1 Å². The Hall–Kier alpha value is -4.05. The van der Waals surface area contributed by atoms with Crippen molar-refractivity contribution in [2.45, 2.75) is 31.0 Å². The number of carbonyl (C=O) groups excluding carboxylic acids is 2. The summed E-state index contributed by atoms with van der Waals surface area (Å²) in [6, 6.07) is 24.4. The molecule has 0 unspecified atom stereocenters. The molecule has 222 valence electrons. The number of para-hydroxylation sites is 1. The van der Waals surface area contributed by atoms with E-state index in [4.69, 9.17) is 9.47 Å². The van der Waals surface area contributed by atoms with Crippen LogP contribution in [0.15, 0.2) is 78.9 Å². The molecular formula is C32H34F3N3O4. The number of benzene rings is 3. The quantitative estimate of drug-likeness (QED) is 0.316. The number of ether oxygens (including phenoxy) is 2. The summed E-state index contributed by atoms with van der Waals surface area (Å²) in [5.41, 5.74) is 2.19. The molecule has 7 nitrogen and oxygen atoms in total. The fourth-order valence-corrected chi connectivity index (χ4v) is 5.77. The van der Waals surface area contributed by atoms with E-state index in [0.717, 1.165) is 48.3 Å². The van der Waals surface area contributed by atoms with E-state index in [1.165, 1.54) is 0 Å². The molecule has 1 aliphatic heterocycles. The van der Waals surface area contributed by atoms with Gasteiger partial charge in [0.05, 0.1) is 0 Å². The number of unbranched alkanes of at least 4 members (excludes halogenated alkanes) is 1. The van der Waals surface area contributed by atoms with Gasteiger partial charge in [-0.1, -0.05) is 66.7 Å². The summed E-state index contributed by atoms with van der Waals surface area (Å²) in [6.45, 7) is 2.05. The minimum absolute atomic E-state index is 0.00555. The molecule has 3 aromatic rings. The molecule has 0 saturated carbocycles. The van der Waals surface area contributed by atoms with Crippen molar-refractivity contribution in [3.63, 3.8) is 0 Å². The Bertz CT molecular complexity index is 1330. The van der Waals surface area contributed by atoms with Crippen molar-refractivity contribution >= 4 is 12.0 Å². The van der Waals surface area contributed by atoms with Gasteiger partial charge in [-0.3, -0.25) is 9.69 Å². The van der Waals surface area contributed by atoms with Crippen molar-refractivity contribution in [2.24, 2.45) is 0 Å². The van der Waals surface area contributed by atoms with Crippen LogP contribution in [0.3, 0.4) is 0 Å². The maximum absolute atomic E-state index is 12.8. The summed E-state index contributed by atoms with van der Waals surface area (Å²) in [6.07, 6.45) is -3.74. The highest BCUT2D eigenvalue weighted by molar-refractivity contribution is 5.82. The number of piperazine rings is 1. The average Bonchev–Trinajstić information content (AvgIpc) is 3.27. The van der Waals surface area contributed by atoms with Crippen LogP contribution in [0.2, 0.25) is 0 Å². The van der Waals surface area contributed by atoms with E-state index >= 15 is 0 Å². The first-order valence-electron chi connectivity index (χ1n) is 14.2. The van der Waals surface area contributed by atoms with Gasteiger partial charge in [0.25, 0.3) is 5.91 Å². The molecule has 10 heteroatoms. The van der Waals surface area contributed by atoms with Crippen LogP contribution in [-0.4, -0.2) is 73.9 Å². The van der Waals surface area contributed by atoms with Gasteiger partial charge < -0.3 is 19.7 Å². The Morgan fingerprint density at radius 1 is 0.810 bits per heavy atom. The lowest BCUT2D eigenvalue weighted by molar-refractivity contribution is -0.135. The van der Waals surface area contributed by atoms with Crippen molar-refractivity contribution in [3.8, 4) is 16.9 Å². The molecule has 3 aromatic carbocycles. The van der Waals surface area contributed by atoms with E-state index in [1.807, 2.05) is 89.1 Å². The standard InChI is InChI=1S/C32H34F3N3O4/c33-32(34,35)23-36-30(40)42-31(27-14-6-4-12-25(27)26-13-5-7-15-28(26)31)16-8-9-17-37-18-20-38(21-19-37)29(39)22-41-24-10-2-1-3-11-24/h1-7,10-15H,8-9,16-23H2,(H,36,40). The zero-order chi connectivity index (χ0) is 29.6. The predicted octanol–water partition coefficient (Wildman–Crippen LogP) is 5.59. The monoisotopic (exact) mass is 581 g/mol. The Kier molecular flexibility index (Phi) is 9.01. The minimum atomic E-state index is -4.54. The number of alkyl halides is 3. The minimum Gasteiger partial charge on any atom is -0.484 e. The van der Waals surface area contributed by atoms with Crippen LogP contribution in [0, 0.1) is 0 Å². The number of nitrogens with one attached hydrogen (secondary N) is 1. The molecule has 5 rings (SSSR count). The SMILES string of the molecule is O=C(NCC(F)(F)F)OC1(CCCCN2CCN(C(=O)COc3ccccc3)CC2)c2ccccc2-c2ccccc21. The van der Waals surface area contributed by atoms with E-state index < -0.39 is 24.4 Å². The lowest BCUT2D eigenvalue weighted by Crippen LogP contribution is -2.50. The summed E-state index contributed by atoms with van der Waals surface area (Å²) in [5.74, 6) is 0.622. The van der Waals surface area contributed by atoms with Crippen LogP contribution in [0.25, 0.3) is 11.1 Å². The van der Waals surface area contributed by atoms with E-state index in [2.05, 4.69) is 4.90 Å². The molecule has 1 saturated heterocycles. The second-order valence-electron chi connectivity index (χ2n) is 10.6. The van der Waals surface area contributed by atoms with Gasteiger partial charge in [0.2, 0.25) is 0 Å². The Balaban J connectivity index is 1.18. The second kappa shape index (κ2) is 12.9. The molecule has 0 spiro atoms. The smallest absolute Gasteiger partial charge is 0.408 e. The highest BCUT2D eigenvalue weighted by Gasteiger charge is 2.46. The van der Waals surface area contributed by atoms with Crippen LogP contribution in [0.1, 0.15) is 30.4 Å². The zero-order valence-electron chi connectivity index (χ0n) is 23.2. The molecule has 1 heterocycles. The van der Waals surface area contributed by atoms with Gasteiger partial charge in [-0.05, 0) is 49.1 Å². The number of hydrogen-bond acceptors (Lipinski definition) is 5. The van der Waals surface area contributed by atoms with Crippen LogP contribution >= 0.6 is 0 Å². The van der Waals surface area contributed by atoms with E-state index in [0.29, 0.717) is 31.7 Å². The first kappa shape index (κ1) is 29.4. The maximum Gasteiger partial charge on any atom is 0.408 e. The molecule has 2 amide bonds. The molecule has 0 atom stereocenters. The van der Waals surface area contributed by atoms with Crippen LogP contribution in [-0.2, 0) is 15.1 Å². The van der Waals surface area contributed by atoms with E-state index in [9.17, 15) is 22.8 Å². The van der Waals surface area contributed by atoms with Gasteiger partial charge in [-0.15, -0.1) is 0 Å². The molecule has 0 aromatic heterocycles. The van der Waals surface area contributed by atoms with Crippen LogP contribution in [0.4, 0.5) is 18.0 Å². The Labute approximate surface area is 243 Å². The number of rotatable bonds is 10. The third-order valence-electron chi connectivity index (χ3n) is 7.80. The predicted molar refractivity (Wildman–Crippen MR) is 152 cm³/mol. The van der Waals surface area contributed by atoms with Crippen molar-refractivity contribution in [2.75, 3.05) is 45.9 Å². The molecule has 1 fully saturated rings. The normalized spacial score (nSPS) is 15.9. The van der Waals surface area contributed by atoms with Gasteiger partial charge in [0.15, 0.2) is 12.2 Å². The summed E-state index contributed by atoms with van der Waals surface area (Å²) in [4.78, 5) is 29.4. The number of amides is 2. The van der Waals surface area contributed by atoms with Gasteiger partial charge >= 0.3 is 12.3 Å².